The Morgan fingerprint density at radius 1 is 1.05 bits per heavy atom. The molecule has 0 bridgehead atoms. The number of imide groups is 1. The average molecular weight is 291 g/mol. The van der Waals surface area contributed by atoms with Crippen LogP contribution >= 0.6 is 0 Å². The van der Waals surface area contributed by atoms with Gasteiger partial charge < -0.3 is 4.74 Å². The third-order valence-electron chi connectivity index (χ3n) is 3.31. The molecule has 2 aromatic rings. The number of amides is 2. The summed E-state index contributed by atoms with van der Waals surface area (Å²) in [5.74, 6) is 1.74. The molecule has 0 saturated carbocycles. The summed E-state index contributed by atoms with van der Waals surface area (Å²) in [6.07, 6.45) is 5.34. The van der Waals surface area contributed by atoms with Crippen LogP contribution in [-0.4, -0.2) is 18.3 Å². The normalized spacial score (nSPS) is 12.8. The summed E-state index contributed by atoms with van der Waals surface area (Å²) in [5, 5.41) is 0. The van der Waals surface area contributed by atoms with Gasteiger partial charge in [0.2, 0.25) is 0 Å². The number of benzene rings is 2. The molecule has 1 heterocycles. The van der Waals surface area contributed by atoms with E-state index in [1.807, 2.05) is 0 Å². The first-order valence-electron chi connectivity index (χ1n) is 6.35. The molecule has 0 unspecified atom stereocenters. The molecule has 106 valence electrons. The third-order valence-corrected chi connectivity index (χ3v) is 3.31. The molecule has 0 saturated heterocycles. The first kappa shape index (κ1) is 13.6. The van der Waals surface area contributed by atoms with Crippen LogP contribution in [0.1, 0.15) is 26.3 Å². The SMILES string of the molecule is C#Cc1cccc(N2C(=O)c3ccc(OC=O)cc3C2=O)c1. The van der Waals surface area contributed by atoms with Crippen LogP contribution in [0.3, 0.4) is 0 Å². The zero-order chi connectivity index (χ0) is 15.7. The van der Waals surface area contributed by atoms with Crippen LogP contribution in [0.4, 0.5) is 5.69 Å². The van der Waals surface area contributed by atoms with Gasteiger partial charge in [0.1, 0.15) is 5.75 Å². The summed E-state index contributed by atoms with van der Waals surface area (Å²) < 4.78 is 4.70. The van der Waals surface area contributed by atoms with Crippen LogP contribution < -0.4 is 9.64 Å². The molecule has 0 radical (unpaired) electrons. The number of nitrogens with zero attached hydrogens (tertiary/aromatic N) is 1. The molecule has 0 N–H and O–H groups in total. The molecule has 2 amide bonds. The zero-order valence-electron chi connectivity index (χ0n) is 11.3. The van der Waals surface area contributed by atoms with Crippen molar-refractivity contribution < 1.29 is 19.1 Å². The Bertz CT molecular complexity index is 848. The standard InChI is InChI=1S/C17H9NO4/c1-2-11-4-3-5-12(8-11)18-16(20)14-7-6-13(22-10-19)9-15(14)17(18)21/h1,3-10H. The average Bonchev–Trinajstić information content (AvgIpc) is 2.79. The highest BCUT2D eigenvalue weighted by atomic mass is 16.5. The van der Waals surface area contributed by atoms with Crippen molar-refractivity contribution in [3.8, 4) is 18.1 Å². The Kier molecular flexibility index (Phi) is 3.20. The maximum absolute atomic E-state index is 12.5. The van der Waals surface area contributed by atoms with Gasteiger partial charge in [-0.2, -0.15) is 0 Å². The fourth-order valence-corrected chi connectivity index (χ4v) is 2.32. The number of anilines is 1. The topological polar surface area (TPSA) is 63.7 Å². The maximum Gasteiger partial charge on any atom is 0.298 e. The van der Waals surface area contributed by atoms with E-state index in [1.54, 1.807) is 24.3 Å². The quantitative estimate of drug-likeness (QED) is 0.493. The van der Waals surface area contributed by atoms with Crippen molar-refractivity contribution in [2.75, 3.05) is 4.90 Å². The predicted octanol–water partition coefficient (Wildman–Crippen LogP) is 2.00. The van der Waals surface area contributed by atoms with Gasteiger partial charge in [0.15, 0.2) is 0 Å². The van der Waals surface area contributed by atoms with Crippen LogP contribution in [0.15, 0.2) is 42.5 Å². The summed E-state index contributed by atoms with van der Waals surface area (Å²) in [7, 11) is 0. The van der Waals surface area contributed by atoms with Crippen LogP contribution in [0.25, 0.3) is 0 Å². The lowest BCUT2D eigenvalue weighted by Gasteiger charge is -2.13. The Balaban J connectivity index is 2.06. The van der Waals surface area contributed by atoms with Gasteiger partial charge in [-0.05, 0) is 36.4 Å². The van der Waals surface area contributed by atoms with Gasteiger partial charge in [-0.15, -0.1) is 6.42 Å². The Hall–Kier alpha value is -3.39. The third kappa shape index (κ3) is 2.03. The van der Waals surface area contributed by atoms with E-state index in [4.69, 9.17) is 11.2 Å². The molecule has 22 heavy (non-hydrogen) atoms. The number of ether oxygens (including phenoxy) is 1. The van der Waals surface area contributed by atoms with E-state index in [0.717, 1.165) is 4.90 Å². The number of hydrogen-bond donors (Lipinski definition) is 0. The molecule has 5 heteroatoms. The van der Waals surface area contributed by atoms with E-state index >= 15 is 0 Å². The van der Waals surface area contributed by atoms with Gasteiger partial charge in [0.05, 0.1) is 16.8 Å². The van der Waals surface area contributed by atoms with Gasteiger partial charge in [-0.25, -0.2) is 4.90 Å². The van der Waals surface area contributed by atoms with Crippen LogP contribution in [0, 0.1) is 12.3 Å². The highest BCUT2D eigenvalue weighted by Gasteiger charge is 2.37. The summed E-state index contributed by atoms with van der Waals surface area (Å²) in [5.41, 5.74) is 1.42. The van der Waals surface area contributed by atoms with Crippen LogP contribution in [-0.2, 0) is 4.79 Å². The van der Waals surface area contributed by atoms with E-state index in [2.05, 4.69) is 5.92 Å². The molecule has 5 nitrogen and oxygen atoms in total. The van der Waals surface area contributed by atoms with Gasteiger partial charge in [0.25, 0.3) is 18.3 Å². The van der Waals surface area contributed by atoms with E-state index in [1.165, 1.54) is 18.2 Å². The summed E-state index contributed by atoms with van der Waals surface area (Å²) in [6, 6.07) is 10.9. The molecular formula is C17H9NO4. The van der Waals surface area contributed by atoms with E-state index < -0.39 is 11.8 Å². The number of rotatable bonds is 3. The van der Waals surface area contributed by atoms with E-state index in [9.17, 15) is 14.4 Å². The number of hydrogen-bond acceptors (Lipinski definition) is 4. The lowest BCUT2D eigenvalue weighted by molar-refractivity contribution is -0.120. The van der Waals surface area contributed by atoms with Crippen LogP contribution in [0.2, 0.25) is 0 Å². The minimum absolute atomic E-state index is 0.190. The molecule has 1 aliphatic heterocycles. The number of carbonyl (C=O) groups excluding carboxylic acids is 3. The van der Waals surface area contributed by atoms with Crippen molar-refractivity contribution in [1.29, 1.82) is 0 Å². The molecular weight excluding hydrogens is 282 g/mol. The Labute approximate surface area is 126 Å². The molecule has 0 spiro atoms. The predicted molar refractivity (Wildman–Crippen MR) is 78.7 cm³/mol. The fourth-order valence-electron chi connectivity index (χ4n) is 2.32. The smallest absolute Gasteiger partial charge is 0.298 e. The fraction of sp³-hybridized carbons (Fsp3) is 0. The van der Waals surface area contributed by atoms with Gasteiger partial charge in [0, 0.05) is 5.56 Å². The molecule has 3 rings (SSSR count). The van der Waals surface area contributed by atoms with E-state index in [-0.39, 0.29) is 23.3 Å². The molecule has 0 aliphatic carbocycles. The minimum Gasteiger partial charge on any atom is -0.429 e. The van der Waals surface area contributed by atoms with Crippen molar-refractivity contribution in [1.82, 2.24) is 0 Å². The number of terminal acetylenes is 1. The first-order valence-corrected chi connectivity index (χ1v) is 6.35. The van der Waals surface area contributed by atoms with Crippen molar-refractivity contribution in [3.05, 3.63) is 59.2 Å². The van der Waals surface area contributed by atoms with Crippen molar-refractivity contribution >= 4 is 24.0 Å². The van der Waals surface area contributed by atoms with Crippen molar-refractivity contribution in [3.63, 3.8) is 0 Å². The van der Waals surface area contributed by atoms with Crippen molar-refractivity contribution in [2.24, 2.45) is 0 Å². The Morgan fingerprint density at radius 3 is 2.55 bits per heavy atom. The highest BCUT2D eigenvalue weighted by molar-refractivity contribution is 6.34. The lowest BCUT2D eigenvalue weighted by atomic mass is 10.1. The molecule has 0 fully saturated rings. The monoisotopic (exact) mass is 291 g/mol. The lowest BCUT2D eigenvalue weighted by Crippen LogP contribution is -2.29. The van der Waals surface area contributed by atoms with Gasteiger partial charge >= 0.3 is 0 Å². The van der Waals surface area contributed by atoms with Gasteiger partial charge in [-0.1, -0.05) is 12.0 Å². The zero-order valence-corrected chi connectivity index (χ0v) is 11.3. The highest BCUT2D eigenvalue weighted by Crippen LogP contribution is 2.31. The molecule has 2 aromatic carbocycles. The second-order valence-corrected chi connectivity index (χ2v) is 4.56. The summed E-state index contributed by atoms with van der Waals surface area (Å²) >= 11 is 0. The Morgan fingerprint density at radius 2 is 1.82 bits per heavy atom. The molecule has 0 aromatic heterocycles. The van der Waals surface area contributed by atoms with Crippen LogP contribution in [0.5, 0.6) is 5.75 Å². The van der Waals surface area contributed by atoms with Crippen molar-refractivity contribution in [2.45, 2.75) is 0 Å². The largest absolute Gasteiger partial charge is 0.429 e. The number of fused-ring (bicyclic) bond motifs is 1. The molecule has 1 aliphatic rings. The maximum atomic E-state index is 12.5. The van der Waals surface area contributed by atoms with E-state index in [0.29, 0.717) is 11.3 Å². The second kappa shape index (κ2) is 5.19. The summed E-state index contributed by atoms with van der Waals surface area (Å²) in [6.45, 7) is 0.261. The second-order valence-electron chi connectivity index (χ2n) is 4.56. The minimum atomic E-state index is -0.481. The number of carbonyl (C=O) groups is 3. The summed E-state index contributed by atoms with van der Waals surface area (Å²) in [4.78, 5) is 36.3. The first-order chi connectivity index (χ1) is 10.7. The van der Waals surface area contributed by atoms with Gasteiger partial charge in [-0.3, -0.25) is 14.4 Å². The molecule has 0 atom stereocenters.